The van der Waals surface area contributed by atoms with Crippen LogP contribution in [0.15, 0.2) is 18.2 Å². The molecule has 0 saturated carbocycles. The Bertz CT molecular complexity index is 424. The van der Waals surface area contributed by atoms with E-state index in [4.69, 9.17) is 33.2 Å². The second-order valence-corrected chi connectivity index (χ2v) is 5.28. The first kappa shape index (κ1) is 14.2. The van der Waals surface area contributed by atoms with Crippen LogP contribution in [0.25, 0.3) is 0 Å². The molecule has 0 aromatic heterocycles. The van der Waals surface area contributed by atoms with Gasteiger partial charge in [-0.1, -0.05) is 29.3 Å². The molecule has 0 unspecified atom stereocenters. The van der Waals surface area contributed by atoms with Crippen molar-refractivity contribution in [3.63, 3.8) is 0 Å². The van der Waals surface area contributed by atoms with Gasteiger partial charge < -0.3 is 4.74 Å². The normalized spacial score (nSPS) is 11.0. The van der Waals surface area contributed by atoms with Crippen LogP contribution in [0.2, 0.25) is 10.0 Å². The van der Waals surface area contributed by atoms with Crippen molar-refractivity contribution in [1.29, 1.82) is 5.26 Å². The Labute approximate surface area is 112 Å². The van der Waals surface area contributed by atoms with Crippen molar-refractivity contribution < 1.29 is 4.74 Å². The molecule has 0 radical (unpaired) electrons. The van der Waals surface area contributed by atoms with Gasteiger partial charge >= 0.3 is 0 Å². The topological polar surface area (TPSA) is 33.0 Å². The van der Waals surface area contributed by atoms with Crippen molar-refractivity contribution >= 4 is 23.2 Å². The van der Waals surface area contributed by atoms with E-state index in [9.17, 15) is 0 Å². The number of hydrogen-bond acceptors (Lipinski definition) is 2. The Morgan fingerprint density at radius 2 is 2.06 bits per heavy atom. The lowest BCUT2D eigenvalue weighted by molar-refractivity contribution is 0.284. The Kier molecular flexibility index (Phi) is 5.11. The molecule has 0 saturated heterocycles. The number of benzene rings is 1. The van der Waals surface area contributed by atoms with Crippen LogP contribution in [0.3, 0.4) is 0 Å². The fourth-order valence-electron chi connectivity index (χ4n) is 1.35. The molecular formula is C13H15Cl2NO. The maximum absolute atomic E-state index is 8.86. The largest absolute Gasteiger partial charge is 0.492 e. The minimum Gasteiger partial charge on any atom is -0.492 e. The van der Waals surface area contributed by atoms with Crippen LogP contribution in [-0.2, 0) is 0 Å². The van der Waals surface area contributed by atoms with Gasteiger partial charge in [-0.25, -0.2) is 0 Å². The molecule has 4 heteroatoms. The Morgan fingerprint density at radius 3 is 2.71 bits per heavy atom. The number of ether oxygens (including phenoxy) is 1. The summed E-state index contributed by atoms with van der Waals surface area (Å²) in [4.78, 5) is 0. The summed E-state index contributed by atoms with van der Waals surface area (Å²) in [6.45, 7) is 4.36. The number of nitrogens with zero attached hydrogens (tertiary/aromatic N) is 1. The fourth-order valence-corrected chi connectivity index (χ4v) is 1.69. The summed E-state index contributed by atoms with van der Waals surface area (Å²) in [6, 6.07) is 7.55. The molecule has 1 aromatic rings. The van der Waals surface area contributed by atoms with Gasteiger partial charge in [-0.05, 0) is 38.8 Å². The average molecular weight is 272 g/mol. The second-order valence-electron chi connectivity index (χ2n) is 4.50. The van der Waals surface area contributed by atoms with Crippen molar-refractivity contribution in [3.8, 4) is 11.8 Å². The molecular weight excluding hydrogens is 257 g/mol. The van der Waals surface area contributed by atoms with Gasteiger partial charge in [0.25, 0.3) is 0 Å². The predicted octanol–water partition coefficient (Wildman–Crippen LogP) is 4.70. The van der Waals surface area contributed by atoms with Crippen molar-refractivity contribution in [1.82, 2.24) is 0 Å². The maximum atomic E-state index is 8.86. The highest BCUT2D eigenvalue weighted by Crippen LogP contribution is 2.31. The predicted molar refractivity (Wildman–Crippen MR) is 70.6 cm³/mol. The third kappa shape index (κ3) is 4.46. The monoisotopic (exact) mass is 271 g/mol. The molecule has 2 nitrogen and oxygen atoms in total. The lowest BCUT2D eigenvalue weighted by Gasteiger charge is -2.15. The summed E-state index contributed by atoms with van der Waals surface area (Å²) in [6.07, 6.45) is 1.60. The highest BCUT2D eigenvalue weighted by atomic mass is 35.5. The van der Waals surface area contributed by atoms with Crippen LogP contribution < -0.4 is 4.74 Å². The van der Waals surface area contributed by atoms with Crippen LogP contribution in [0.5, 0.6) is 5.75 Å². The van der Waals surface area contributed by atoms with Gasteiger partial charge in [-0.3, -0.25) is 0 Å². The molecule has 0 atom stereocenters. The molecule has 0 aliphatic heterocycles. The first-order chi connectivity index (χ1) is 7.96. The molecule has 0 spiro atoms. The molecule has 0 heterocycles. The van der Waals surface area contributed by atoms with E-state index in [0.717, 1.165) is 12.8 Å². The summed E-state index contributed by atoms with van der Waals surface area (Å²) >= 11 is 11.8. The van der Waals surface area contributed by atoms with Crippen LogP contribution in [0.4, 0.5) is 0 Å². The SMILES string of the molecule is CC(C)(C#N)CCCOc1cccc(Cl)c1Cl. The van der Waals surface area contributed by atoms with Gasteiger partial charge in [0.15, 0.2) is 0 Å². The van der Waals surface area contributed by atoms with Crippen LogP contribution >= 0.6 is 23.2 Å². The third-order valence-electron chi connectivity index (χ3n) is 2.42. The number of halogens is 2. The zero-order valence-corrected chi connectivity index (χ0v) is 11.5. The van der Waals surface area contributed by atoms with Crippen LogP contribution in [0, 0.1) is 16.7 Å². The van der Waals surface area contributed by atoms with Gasteiger partial charge in [-0.15, -0.1) is 0 Å². The average Bonchev–Trinajstić information content (AvgIpc) is 2.30. The van der Waals surface area contributed by atoms with E-state index in [1.807, 2.05) is 13.8 Å². The first-order valence-corrected chi connectivity index (χ1v) is 6.20. The van der Waals surface area contributed by atoms with E-state index in [1.54, 1.807) is 18.2 Å². The molecule has 17 heavy (non-hydrogen) atoms. The van der Waals surface area contributed by atoms with Crippen molar-refractivity contribution in [2.24, 2.45) is 5.41 Å². The highest BCUT2D eigenvalue weighted by Gasteiger charge is 2.15. The molecule has 92 valence electrons. The number of nitriles is 1. The number of rotatable bonds is 5. The van der Waals surface area contributed by atoms with E-state index in [1.165, 1.54) is 0 Å². The summed E-state index contributed by atoms with van der Waals surface area (Å²) < 4.78 is 5.53. The lowest BCUT2D eigenvalue weighted by Crippen LogP contribution is -2.10. The molecule has 0 N–H and O–H groups in total. The standard InChI is InChI=1S/C13H15Cl2NO/c1-13(2,9-16)7-4-8-17-11-6-3-5-10(14)12(11)15/h3,5-6H,4,7-8H2,1-2H3. The van der Waals surface area contributed by atoms with Crippen molar-refractivity contribution in [2.45, 2.75) is 26.7 Å². The van der Waals surface area contributed by atoms with Crippen LogP contribution in [-0.4, -0.2) is 6.61 Å². The van der Waals surface area contributed by atoms with E-state index in [0.29, 0.717) is 22.4 Å². The van der Waals surface area contributed by atoms with Crippen molar-refractivity contribution in [3.05, 3.63) is 28.2 Å². The van der Waals surface area contributed by atoms with E-state index in [2.05, 4.69) is 6.07 Å². The van der Waals surface area contributed by atoms with E-state index >= 15 is 0 Å². The zero-order chi connectivity index (χ0) is 12.9. The minimum absolute atomic E-state index is 0.304. The Balaban J connectivity index is 2.42. The first-order valence-electron chi connectivity index (χ1n) is 5.44. The third-order valence-corrected chi connectivity index (χ3v) is 3.22. The molecule has 0 aliphatic carbocycles. The summed E-state index contributed by atoms with van der Waals surface area (Å²) in [5.41, 5.74) is -0.304. The molecule has 0 fully saturated rings. The quantitative estimate of drug-likeness (QED) is 0.728. The van der Waals surface area contributed by atoms with Gasteiger partial charge in [0.05, 0.1) is 23.1 Å². The van der Waals surface area contributed by atoms with E-state index < -0.39 is 0 Å². The smallest absolute Gasteiger partial charge is 0.139 e. The number of hydrogen-bond donors (Lipinski definition) is 0. The highest BCUT2D eigenvalue weighted by molar-refractivity contribution is 6.42. The zero-order valence-electron chi connectivity index (χ0n) is 9.96. The molecule has 0 bridgehead atoms. The molecule has 1 rings (SSSR count). The lowest BCUT2D eigenvalue weighted by atomic mass is 9.90. The van der Waals surface area contributed by atoms with Gasteiger partial charge in [0, 0.05) is 0 Å². The maximum Gasteiger partial charge on any atom is 0.139 e. The van der Waals surface area contributed by atoms with Crippen molar-refractivity contribution in [2.75, 3.05) is 6.61 Å². The second kappa shape index (κ2) is 6.14. The van der Waals surface area contributed by atoms with E-state index in [-0.39, 0.29) is 5.41 Å². The Morgan fingerprint density at radius 1 is 1.35 bits per heavy atom. The Hall–Kier alpha value is -0.910. The molecule has 1 aromatic carbocycles. The van der Waals surface area contributed by atoms with Gasteiger partial charge in [0.2, 0.25) is 0 Å². The van der Waals surface area contributed by atoms with Crippen LogP contribution in [0.1, 0.15) is 26.7 Å². The fraction of sp³-hybridized carbons (Fsp3) is 0.462. The minimum atomic E-state index is -0.304. The molecule has 0 aliphatic rings. The molecule has 0 amide bonds. The summed E-state index contributed by atoms with van der Waals surface area (Å²) in [5, 5.41) is 9.79. The summed E-state index contributed by atoms with van der Waals surface area (Å²) in [7, 11) is 0. The van der Waals surface area contributed by atoms with Gasteiger partial charge in [0.1, 0.15) is 10.8 Å². The summed E-state index contributed by atoms with van der Waals surface area (Å²) in [5.74, 6) is 0.592. The van der Waals surface area contributed by atoms with Gasteiger partial charge in [-0.2, -0.15) is 5.26 Å².